The first-order valence-electron chi connectivity index (χ1n) is 9.20. The van der Waals surface area contributed by atoms with Crippen LogP contribution in [-0.2, 0) is 23.1 Å². The summed E-state index contributed by atoms with van der Waals surface area (Å²) in [5, 5.41) is 6.20. The number of aliphatic imine (C=N–C) groups is 1. The topological polar surface area (TPSA) is 91.8 Å². The molecule has 0 aliphatic carbocycles. The van der Waals surface area contributed by atoms with E-state index in [9.17, 15) is 8.42 Å². The van der Waals surface area contributed by atoms with E-state index >= 15 is 0 Å². The zero-order valence-electron chi connectivity index (χ0n) is 16.7. The normalized spacial score (nSPS) is 11.4. The van der Waals surface area contributed by atoms with Gasteiger partial charge < -0.3 is 15.4 Å². The van der Waals surface area contributed by atoms with Crippen molar-refractivity contribution < 1.29 is 13.2 Å². The van der Waals surface area contributed by atoms with Gasteiger partial charge in [-0.1, -0.05) is 48.5 Å². The quantitative estimate of drug-likeness (QED) is 0.249. The smallest absolute Gasteiger partial charge is 0.213 e. The predicted molar refractivity (Wildman–Crippen MR) is 128 cm³/mol. The van der Waals surface area contributed by atoms with E-state index in [1.807, 2.05) is 61.5 Å². The van der Waals surface area contributed by atoms with Crippen molar-refractivity contribution in [1.82, 2.24) is 15.4 Å². The van der Waals surface area contributed by atoms with E-state index in [1.165, 1.54) is 0 Å². The number of nitrogens with zero attached hydrogens (tertiary/aromatic N) is 1. The lowest BCUT2D eigenvalue weighted by molar-refractivity contribution is 0.336. The summed E-state index contributed by atoms with van der Waals surface area (Å²) in [5.41, 5.74) is 1.92. The molecule has 2 rings (SSSR count). The Bertz CT molecular complexity index is 861. The van der Waals surface area contributed by atoms with Crippen LogP contribution in [0, 0.1) is 0 Å². The third-order valence-corrected chi connectivity index (χ3v) is 5.27. The number of rotatable bonds is 10. The number of sulfonamides is 1. The molecule has 3 N–H and O–H groups in total. The fourth-order valence-corrected chi connectivity index (χ4v) is 3.41. The van der Waals surface area contributed by atoms with Gasteiger partial charge in [-0.05, 0) is 18.6 Å². The van der Waals surface area contributed by atoms with Gasteiger partial charge in [0.25, 0.3) is 0 Å². The minimum absolute atomic E-state index is 0. The monoisotopic (exact) mass is 532 g/mol. The van der Waals surface area contributed by atoms with E-state index in [1.54, 1.807) is 7.05 Å². The summed E-state index contributed by atoms with van der Waals surface area (Å²) in [6, 6.07) is 17.2. The molecule has 2 aromatic rings. The fraction of sp³-hybridized carbons (Fsp3) is 0.350. The Labute approximate surface area is 190 Å². The summed E-state index contributed by atoms with van der Waals surface area (Å²) < 4.78 is 32.5. The molecule has 0 fully saturated rings. The summed E-state index contributed by atoms with van der Waals surface area (Å²) in [4.78, 5) is 4.13. The van der Waals surface area contributed by atoms with Crippen molar-refractivity contribution in [2.24, 2.45) is 4.99 Å². The molecule has 0 bridgehead atoms. The third-order valence-electron chi connectivity index (χ3n) is 3.94. The van der Waals surface area contributed by atoms with Crippen molar-refractivity contribution in [3.05, 3.63) is 65.7 Å². The predicted octanol–water partition coefficient (Wildman–Crippen LogP) is 2.49. The lowest BCUT2D eigenvalue weighted by Gasteiger charge is -2.14. The number of hydrogen-bond acceptors (Lipinski definition) is 4. The van der Waals surface area contributed by atoms with E-state index in [4.69, 9.17) is 4.74 Å². The van der Waals surface area contributed by atoms with Gasteiger partial charge in [0.05, 0.1) is 12.4 Å². The maximum Gasteiger partial charge on any atom is 0.213 e. The number of nitrogens with one attached hydrogen (secondary N) is 3. The van der Waals surface area contributed by atoms with E-state index in [0.717, 1.165) is 16.9 Å². The average molecular weight is 532 g/mol. The molecule has 0 atom stereocenters. The molecule has 0 amide bonds. The molecule has 0 aromatic heterocycles. The van der Waals surface area contributed by atoms with Crippen LogP contribution in [0.4, 0.5) is 0 Å². The standard InChI is InChI=1S/C20H28N4O3S.HI/c1-3-27-19-12-8-7-11-18(19)16-23-20(21-2)22-13-14-28(25,26)24-15-17-9-5-4-6-10-17;/h4-12,24H,3,13-16H2,1-2H3,(H2,21,22,23);1H. The van der Waals surface area contributed by atoms with Crippen LogP contribution in [0.5, 0.6) is 5.75 Å². The molecule has 0 saturated heterocycles. The summed E-state index contributed by atoms with van der Waals surface area (Å²) in [6.07, 6.45) is 0. The van der Waals surface area contributed by atoms with Crippen LogP contribution >= 0.6 is 24.0 Å². The first-order chi connectivity index (χ1) is 13.5. The third kappa shape index (κ3) is 9.46. The molecule has 7 nitrogen and oxygen atoms in total. The van der Waals surface area contributed by atoms with Crippen molar-refractivity contribution in [3.63, 3.8) is 0 Å². The Morgan fingerprint density at radius 3 is 2.38 bits per heavy atom. The second-order valence-corrected chi connectivity index (χ2v) is 7.95. The summed E-state index contributed by atoms with van der Waals surface area (Å²) in [7, 11) is -1.74. The molecule has 0 aliphatic heterocycles. The molecular weight excluding hydrogens is 503 g/mol. The zero-order valence-corrected chi connectivity index (χ0v) is 19.9. The molecule has 29 heavy (non-hydrogen) atoms. The molecule has 0 heterocycles. The van der Waals surface area contributed by atoms with Gasteiger partial charge in [-0.25, -0.2) is 13.1 Å². The van der Waals surface area contributed by atoms with Crippen LogP contribution in [0.25, 0.3) is 0 Å². The van der Waals surface area contributed by atoms with Crippen molar-refractivity contribution in [2.45, 2.75) is 20.0 Å². The maximum absolute atomic E-state index is 12.1. The van der Waals surface area contributed by atoms with Gasteiger partial charge in [-0.2, -0.15) is 0 Å². The Morgan fingerprint density at radius 1 is 1.00 bits per heavy atom. The van der Waals surface area contributed by atoms with Crippen molar-refractivity contribution >= 4 is 40.0 Å². The Kier molecular flexibility index (Phi) is 11.6. The Balaban J connectivity index is 0.00000420. The Hall–Kier alpha value is -1.85. The van der Waals surface area contributed by atoms with Gasteiger partial charge in [-0.3, -0.25) is 4.99 Å². The molecular formula is C20H29IN4O3S. The highest BCUT2D eigenvalue weighted by atomic mass is 127. The summed E-state index contributed by atoms with van der Waals surface area (Å²) in [6.45, 7) is 3.59. The fourth-order valence-electron chi connectivity index (χ4n) is 2.51. The zero-order chi connectivity index (χ0) is 20.2. The molecule has 2 aromatic carbocycles. The van der Waals surface area contributed by atoms with Crippen molar-refractivity contribution in [2.75, 3.05) is 26.0 Å². The molecule has 0 spiro atoms. The molecule has 0 radical (unpaired) electrons. The van der Waals surface area contributed by atoms with Crippen molar-refractivity contribution in [1.29, 1.82) is 0 Å². The van der Waals surface area contributed by atoms with E-state index in [2.05, 4.69) is 20.3 Å². The highest BCUT2D eigenvalue weighted by Crippen LogP contribution is 2.17. The average Bonchev–Trinajstić information content (AvgIpc) is 2.71. The highest BCUT2D eigenvalue weighted by Gasteiger charge is 2.10. The molecule has 0 unspecified atom stereocenters. The highest BCUT2D eigenvalue weighted by molar-refractivity contribution is 14.0. The van der Waals surface area contributed by atoms with Gasteiger partial charge in [0.15, 0.2) is 5.96 Å². The number of ether oxygens (including phenoxy) is 1. The van der Waals surface area contributed by atoms with Gasteiger partial charge in [-0.15, -0.1) is 24.0 Å². The minimum Gasteiger partial charge on any atom is -0.494 e. The Morgan fingerprint density at radius 2 is 1.69 bits per heavy atom. The maximum atomic E-state index is 12.1. The summed E-state index contributed by atoms with van der Waals surface area (Å²) in [5.74, 6) is 1.31. The van der Waals surface area contributed by atoms with Crippen LogP contribution in [-0.4, -0.2) is 40.3 Å². The van der Waals surface area contributed by atoms with E-state index in [-0.39, 0.29) is 42.8 Å². The number of benzene rings is 2. The largest absolute Gasteiger partial charge is 0.494 e. The summed E-state index contributed by atoms with van der Waals surface area (Å²) >= 11 is 0. The van der Waals surface area contributed by atoms with Gasteiger partial charge >= 0.3 is 0 Å². The first-order valence-corrected chi connectivity index (χ1v) is 10.9. The van der Waals surface area contributed by atoms with Crippen LogP contribution in [0.3, 0.4) is 0 Å². The van der Waals surface area contributed by atoms with Crippen LogP contribution in [0.2, 0.25) is 0 Å². The molecule has 160 valence electrons. The minimum atomic E-state index is -3.38. The van der Waals surface area contributed by atoms with Gasteiger partial charge in [0.1, 0.15) is 5.75 Å². The molecule has 0 saturated carbocycles. The number of para-hydroxylation sites is 1. The number of hydrogen-bond donors (Lipinski definition) is 3. The van der Waals surface area contributed by atoms with Crippen LogP contribution in [0.15, 0.2) is 59.6 Å². The number of halogens is 1. The van der Waals surface area contributed by atoms with E-state index < -0.39 is 10.0 Å². The number of guanidine groups is 1. The van der Waals surface area contributed by atoms with Crippen LogP contribution < -0.4 is 20.1 Å². The van der Waals surface area contributed by atoms with Crippen LogP contribution in [0.1, 0.15) is 18.1 Å². The second kappa shape index (κ2) is 13.4. The van der Waals surface area contributed by atoms with E-state index in [0.29, 0.717) is 19.1 Å². The first kappa shape index (κ1) is 25.2. The second-order valence-electron chi connectivity index (χ2n) is 6.02. The lowest BCUT2D eigenvalue weighted by Crippen LogP contribution is -2.40. The molecule has 0 aliphatic rings. The lowest BCUT2D eigenvalue weighted by atomic mass is 10.2. The van der Waals surface area contributed by atoms with Gasteiger partial charge in [0.2, 0.25) is 10.0 Å². The SMILES string of the molecule is CCOc1ccccc1CNC(=NC)NCCS(=O)(=O)NCc1ccccc1.I. The molecule has 9 heteroatoms. The van der Waals surface area contributed by atoms with Crippen molar-refractivity contribution in [3.8, 4) is 5.75 Å². The van der Waals surface area contributed by atoms with Gasteiger partial charge in [0, 0.05) is 32.2 Å².